The number of thioether (sulfide) groups is 1. The van der Waals surface area contributed by atoms with Gasteiger partial charge in [0, 0.05) is 19.2 Å². The summed E-state index contributed by atoms with van der Waals surface area (Å²) in [6.45, 7) is 0. The number of aromatic nitrogens is 3. The molecule has 1 aliphatic rings. The van der Waals surface area contributed by atoms with Crippen LogP contribution in [0.4, 0.5) is 0 Å². The molecule has 114 valence electrons. The molecule has 1 saturated carbocycles. The van der Waals surface area contributed by atoms with E-state index in [0.717, 1.165) is 41.9 Å². The van der Waals surface area contributed by atoms with E-state index in [1.54, 1.807) is 11.8 Å². The minimum Gasteiger partial charge on any atom is -0.309 e. The van der Waals surface area contributed by atoms with Crippen LogP contribution in [0.25, 0.3) is 0 Å². The fourth-order valence-electron chi connectivity index (χ4n) is 1.91. The summed E-state index contributed by atoms with van der Waals surface area (Å²) in [6.07, 6.45) is 5.57. The van der Waals surface area contributed by atoms with Crippen molar-refractivity contribution in [2.75, 3.05) is 11.5 Å². The van der Waals surface area contributed by atoms with Crippen molar-refractivity contribution in [1.82, 2.24) is 14.8 Å². The number of unbranched alkanes of at least 4 members (excludes halogenated alkanes) is 2. The van der Waals surface area contributed by atoms with Gasteiger partial charge in [0.15, 0.2) is 5.16 Å². The van der Waals surface area contributed by atoms with E-state index >= 15 is 0 Å². The molecular formula is C12H21N3O3S2. The summed E-state index contributed by atoms with van der Waals surface area (Å²) in [5.74, 6) is 2.77. The Balaban J connectivity index is 1.69. The molecule has 0 aromatic carbocycles. The normalized spacial score (nSPS) is 15.7. The minimum absolute atomic E-state index is 0.158. The quantitative estimate of drug-likeness (QED) is 0.425. The zero-order valence-corrected chi connectivity index (χ0v) is 13.3. The second-order valence-corrected chi connectivity index (χ2v) is 7.87. The third-order valence-corrected chi connectivity index (χ3v) is 5.43. The summed E-state index contributed by atoms with van der Waals surface area (Å²) in [4.78, 5) is 0. The van der Waals surface area contributed by atoms with Crippen molar-refractivity contribution < 1.29 is 13.0 Å². The number of hydrogen-bond donors (Lipinski definition) is 1. The molecule has 1 aromatic rings. The first-order valence-electron chi connectivity index (χ1n) is 6.92. The van der Waals surface area contributed by atoms with Crippen molar-refractivity contribution in [1.29, 1.82) is 0 Å². The van der Waals surface area contributed by atoms with Gasteiger partial charge in [-0.2, -0.15) is 8.42 Å². The Labute approximate surface area is 124 Å². The second kappa shape index (κ2) is 6.91. The Bertz CT molecular complexity index is 538. The maximum Gasteiger partial charge on any atom is 0.264 e. The highest BCUT2D eigenvalue weighted by Gasteiger charge is 2.22. The van der Waals surface area contributed by atoms with E-state index < -0.39 is 10.1 Å². The molecule has 1 heterocycles. The lowest BCUT2D eigenvalue weighted by atomic mass is 10.2. The summed E-state index contributed by atoms with van der Waals surface area (Å²) in [6, 6.07) is 0. The standard InChI is InChI=1S/C12H21N3O3S2/c1-15-11(5-3-2-4-8-20(16,17)18)13-14-12(15)19-9-10-6-7-10/h10H,2-9H2,1H3,(H,16,17,18). The largest absolute Gasteiger partial charge is 0.309 e. The van der Waals surface area contributed by atoms with E-state index in [2.05, 4.69) is 10.2 Å². The molecule has 1 N–H and O–H groups in total. The fraction of sp³-hybridized carbons (Fsp3) is 0.833. The van der Waals surface area contributed by atoms with Gasteiger partial charge >= 0.3 is 0 Å². The highest BCUT2D eigenvalue weighted by atomic mass is 32.2. The monoisotopic (exact) mass is 319 g/mol. The Morgan fingerprint density at radius 3 is 2.70 bits per heavy atom. The highest BCUT2D eigenvalue weighted by Crippen LogP contribution is 2.34. The van der Waals surface area contributed by atoms with Crippen molar-refractivity contribution >= 4 is 21.9 Å². The summed E-state index contributed by atoms with van der Waals surface area (Å²) >= 11 is 1.76. The molecule has 0 unspecified atom stereocenters. The zero-order valence-electron chi connectivity index (χ0n) is 11.7. The predicted molar refractivity (Wildman–Crippen MR) is 78.4 cm³/mol. The van der Waals surface area contributed by atoms with Gasteiger partial charge in [0.25, 0.3) is 10.1 Å². The molecule has 0 radical (unpaired) electrons. The third kappa shape index (κ3) is 5.41. The first-order chi connectivity index (χ1) is 9.46. The Kier molecular flexibility index (Phi) is 5.45. The van der Waals surface area contributed by atoms with Crippen molar-refractivity contribution in [3.8, 4) is 0 Å². The van der Waals surface area contributed by atoms with Crippen molar-refractivity contribution in [3.05, 3.63) is 5.82 Å². The maximum atomic E-state index is 10.6. The predicted octanol–water partition coefficient (Wildman–Crippen LogP) is 1.92. The van der Waals surface area contributed by atoms with Crippen LogP contribution in [0.1, 0.15) is 37.9 Å². The molecule has 8 heteroatoms. The zero-order chi connectivity index (χ0) is 14.6. The van der Waals surface area contributed by atoms with E-state index in [4.69, 9.17) is 4.55 Å². The van der Waals surface area contributed by atoms with Gasteiger partial charge < -0.3 is 4.57 Å². The molecule has 6 nitrogen and oxygen atoms in total. The molecular weight excluding hydrogens is 298 g/mol. The average molecular weight is 319 g/mol. The first-order valence-corrected chi connectivity index (χ1v) is 9.51. The fourth-order valence-corrected chi connectivity index (χ4v) is 3.59. The van der Waals surface area contributed by atoms with Gasteiger partial charge in [-0.25, -0.2) is 0 Å². The van der Waals surface area contributed by atoms with Crippen LogP contribution in [-0.4, -0.2) is 39.2 Å². The maximum absolute atomic E-state index is 10.6. The van der Waals surface area contributed by atoms with Crippen molar-refractivity contribution in [2.45, 2.75) is 43.7 Å². The number of hydrogen-bond acceptors (Lipinski definition) is 5. The van der Waals surface area contributed by atoms with E-state index in [-0.39, 0.29) is 5.75 Å². The van der Waals surface area contributed by atoms with E-state index in [0.29, 0.717) is 6.42 Å². The van der Waals surface area contributed by atoms with E-state index in [9.17, 15) is 8.42 Å². The topological polar surface area (TPSA) is 85.1 Å². The summed E-state index contributed by atoms with van der Waals surface area (Å²) in [7, 11) is -1.84. The second-order valence-electron chi connectivity index (χ2n) is 5.31. The molecule has 1 aromatic heterocycles. The molecule has 1 aliphatic carbocycles. The molecule has 0 spiro atoms. The van der Waals surface area contributed by atoms with E-state index in [1.807, 2.05) is 11.6 Å². The average Bonchev–Trinajstić information content (AvgIpc) is 3.12. The van der Waals surface area contributed by atoms with Gasteiger partial charge in [-0.15, -0.1) is 10.2 Å². The minimum atomic E-state index is -3.82. The molecule has 1 fully saturated rings. The van der Waals surface area contributed by atoms with Gasteiger partial charge in [0.2, 0.25) is 0 Å². The van der Waals surface area contributed by atoms with Crippen molar-refractivity contribution in [2.24, 2.45) is 13.0 Å². The summed E-state index contributed by atoms with van der Waals surface area (Å²) in [5.41, 5.74) is 0. The number of nitrogens with zero attached hydrogens (tertiary/aromatic N) is 3. The number of rotatable bonds is 9. The lowest BCUT2D eigenvalue weighted by Gasteiger charge is -2.03. The van der Waals surface area contributed by atoms with Crippen LogP contribution in [0, 0.1) is 5.92 Å². The molecule has 0 saturated heterocycles. The van der Waals surface area contributed by atoms with Gasteiger partial charge in [-0.3, -0.25) is 4.55 Å². The van der Waals surface area contributed by atoms with Crippen molar-refractivity contribution in [3.63, 3.8) is 0 Å². The molecule has 20 heavy (non-hydrogen) atoms. The van der Waals surface area contributed by atoms with Crippen LogP contribution in [0.15, 0.2) is 5.16 Å². The molecule has 0 aliphatic heterocycles. The third-order valence-electron chi connectivity index (χ3n) is 3.37. The van der Waals surface area contributed by atoms with Crippen LogP contribution in [0.5, 0.6) is 0 Å². The molecule has 0 amide bonds. The lowest BCUT2D eigenvalue weighted by Crippen LogP contribution is -2.04. The number of aryl methyl sites for hydroxylation is 1. The van der Waals surface area contributed by atoms with E-state index in [1.165, 1.54) is 12.8 Å². The summed E-state index contributed by atoms with van der Waals surface area (Å²) < 4.78 is 31.8. The van der Waals surface area contributed by atoms with Gasteiger partial charge in [0.05, 0.1) is 5.75 Å². The van der Waals surface area contributed by atoms with Crippen LogP contribution >= 0.6 is 11.8 Å². The van der Waals surface area contributed by atoms with Gasteiger partial charge in [-0.05, 0) is 31.6 Å². The summed E-state index contributed by atoms with van der Waals surface area (Å²) in [5, 5.41) is 9.34. The SMILES string of the molecule is Cn1c(CCCCCS(=O)(=O)O)nnc1SCC1CC1. The molecule has 2 rings (SSSR count). The van der Waals surface area contributed by atoms with Gasteiger partial charge in [0.1, 0.15) is 5.82 Å². The molecule has 0 bridgehead atoms. The van der Waals surface area contributed by atoms with Gasteiger partial charge in [-0.1, -0.05) is 18.2 Å². The smallest absolute Gasteiger partial charge is 0.264 e. The van der Waals surface area contributed by atoms with Crippen LogP contribution in [0.3, 0.4) is 0 Å². The Morgan fingerprint density at radius 1 is 1.30 bits per heavy atom. The molecule has 0 atom stereocenters. The Morgan fingerprint density at radius 2 is 2.05 bits per heavy atom. The highest BCUT2D eigenvalue weighted by molar-refractivity contribution is 7.99. The van der Waals surface area contributed by atoms with Crippen LogP contribution in [0.2, 0.25) is 0 Å². The van der Waals surface area contributed by atoms with Crippen LogP contribution < -0.4 is 0 Å². The van der Waals surface area contributed by atoms with Crippen LogP contribution in [-0.2, 0) is 23.6 Å². The lowest BCUT2D eigenvalue weighted by molar-refractivity contribution is 0.479. The Hall–Kier alpha value is -0.600. The first kappa shape index (κ1) is 15.8.